The van der Waals surface area contributed by atoms with Crippen LogP contribution in [-0.4, -0.2) is 28.6 Å². The van der Waals surface area contributed by atoms with Crippen LogP contribution in [0.2, 0.25) is 0 Å². The molecule has 0 radical (unpaired) electrons. The molecule has 3 rings (SSSR count). The van der Waals surface area contributed by atoms with Crippen molar-refractivity contribution in [3.05, 3.63) is 64.2 Å². The summed E-state index contributed by atoms with van der Waals surface area (Å²) in [5.74, 6) is 0. The van der Waals surface area contributed by atoms with E-state index < -0.39 is 65.5 Å². The second-order valence-electron chi connectivity index (χ2n) is 8.22. The first-order chi connectivity index (χ1) is 16.4. The van der Waals surface area contributed by atoms with Crippen molar-refractivity contribution in [1.29, 1.82) is 0 Å². The van der Waals surface area contributed by atoms with Crippen LogP contribution in [0.4, 0.5) is 50.0 Å². The molecule has 2 aromatic carbocycles. The minimum atomic E-state index is -5.14. The lowest BCUT2D eigenvalue weighted by atomic mass is 9.89. The zero-order valence-electron chi connectivity index (χ0n) is 18.2. The molecule has 0 saturated carbocycles. The van der Waals surface area contributed by atoms with Gasteiger partial charge in [0.25, 0.3) is 0 Å². The van der Waals surface area contributed by atoms with Crippen molar-refractivity contribution in [1.82, 2.24) is 4.90 Å². The molecule has 36 heavy (non-hydrogen) atoms. The van der Waals surface area contributed by atoms with E-state index in [0.29, 0.717) is 24.3 Å². The SMILES string of the molecule is C[C@@H]1C[C@H](N(C=O)Cc2cc(C(F)(F)F)cc(C(F)(F)F)c2)c2cc(C(F)(F)F)ccc2N1C(=O)O. The Kier molecular flexibility index (Phi) is 6.94. The summed E-state index contributed by atoms with van der Waals surface area (Å²) in [5, 5.41) is 9.52. The molecule has 1 aliphatic heterocycles. The number of fused-ring (bicyclic) bond motifs is 1. The van der Waals surface area contributed by atoms with Crippen LogP contribution in [0.1, 0.15) is 47.2 Å². The van der Waals surface area contributed by atoms with E-state index in [-0.39, 0.29) is 30.1 Å². The minimum absolute atomic E-state index is 0.0887. The highest BCUT2D eigenvalue weighted by molar-refractivity contribution is 5.89. The number of halogens is 9. The monoisotopic (exact) mass is 528 g/mol. The van der Waals surface area contributed by atoms with E-state index in [2.05, 4.69) is 0 Å². The maximum Gasteiger partial charge on any atom is 0.416 e. The van der Waals surface area contributed by atoms with E-state index in [4.69, 9.17) is 0 Å². The molecule has 5 nitrogen and oxygen atoms in total. The topological polar surface area (TPSA) is 60.9 Å². The van der Waals surface area contributed by atoms with Crippen LogP contribution >= 0.6 is 0 Å². The number of carboxylic acid groups (broad SMARTS) is 1. The van der Waals surface area contributed by atoms with Crippen LogP contribution in [0.25, 0.3) is 0 Å². The molecular formula is C22H17F9N2O3. The highest BCUT2D eigenvalue weighted by Crippen LogP contribution is 2.44. The maximum absolute atomic E-state index is 13.3. The highest BCUT2D eigenvalue weighted by atomic mass is 19.4. The van der Waals surface area contributed by atoms with Gasteiger partial charge in [-0.15, -0.1) is 0 Å². The Bertz CT molecular complexity index is 1130. The van der Waals surface area contributed by atoms with Gasteiger partial charge in [0, 0.05) is 12.6 Å². The Morgan fingerprint density at radius 2 is 1.47 bits per heavy atom. The summed E-state index contributed by atoms with van der Waals surface area (Å²) < 4.78 is 119. The zero-order valence-corrected chi connectivity index (χ0v) is 18.2. The van der Waals surface area contributed by atoms with Gasteiger partial charge in [-0.2, -0.15) is 39.5 Å². The van der Waals surface area contributed by atoms with Gasteiger partial charge in [-0.05, 0) is 60.9 Å². The van der Waals surface area contributed by atoms with Crippen LogP contribution < -0.4 is 4.90 Å². The predicted octanol–water partition coefficient (Wildman–Crippen LogP) is 6.72. The summed E-state index contributed by atoms with van der Waals surface area (Å²) in [7, 11) is 0. The lowest BCUT2D eigenvalue weighted by Crippen LogP contribution is -2.45. The van der Waals surface area contributed by atoms with Crippen LogP contribution in [0, 0.1) is 0 Å². The Hall–Kier alpha value is -3.45. The molecule has 14 heteroatoms. The van der Waals surface area contributed by atoms with Crippen molar-refractivity contribution in [2.45, 2.75) is 50.5 Å². The fourth-order valence-corrected chi connectivity index (χ4v) is 4.16. The number of hydrogen-bond acceptors (Lipinski definition) is 2. The van der Waals surface area contributed by atoms with Crippen molar-refractivity contribution < 1.29 is 54.2 Å². The van der Waals surface area contributed by atoms with Gasteiger partial charge in [-0.1, -0.05) is 0 Å². The van der Waals surface area contributed by atoms with Crippen LogP contribution in [0.5, 0.6) is 0 Å². The minimum Gasteiger partial charge on any atom is -0.465 e. The molecule has 0 bridgehead atoms. The third-order valence-electron chi connectivity index (χ3n) is 5.73. The van der Waals surface area contributed by atoms with Gasteiger partial charge in [-0.25, -0.2) is 4.79 Å². The van der Waals surface area contributed by atoms with Gasteiger partial charge < -0.3 is 10.0 Å². The zero-order chi connectivity index (χ0) is 27.2. The Labute approximate surface area is 197 Å². The van der Waals surface area contributed by atoms with E-state index in [9.17, 15) is 54.2 Å². The first-order valence-corrected chi connectivity index (χ1v) is 10.2. The first kappa shape index (κ1) is 27.1. The quantitative estimate of drug-likeness (QED) is 0.354. The van der Waals surface area contributed by atoms with Crippen molar-refractivity contribution in [3.63, 3.8) is 0 Å². The van der Waals surface area contributed by atoms with Gasteiger partial charge in [0.05, 0.1) is 28.4 Å². The number of benzene rings is 2. The number of carbonyl (C=O) groups excluding carboxylic acids is 1. The molecule has 1 aliphatic rings. The molecule has 196 valence electrons. The molecule has 2 atom stereocenters. The van der Waals surface area contributed by atoms with Gasteiger partial charge in [0.1, 0.15) is 0 Å². The molecule has 0 aromatic heterocycles. The fraction of sp³-hybridized carbons (Fsp3) is 0.364. The van der Waals surface area contributed by atoms with E-state index in [1.165, 1.54) is 6.92 Å². The number of carbonyl (C=O) groups is 2. The molecule has 1 heterocycles. The van der Waals surface area contributed by atoms with Crippen molar-refractivity contribution in [2.75, 3.05) is 4.90 Å². The third-order valence-corrected chi connectivity index (χ3v) is 5.73. The largest absolute Gasteiger partial charge is 0.465 e. The molecule has 1 N–H and O–H groups in total. The molecule has 0 spiro atoms. The summed E-state index contributed by atoms with van der Waals surface area (Å²) in [6.07, 6.45) is -16.8. The first-order valence-electron chi connectivity index (χ1n) is 10.2. The third kappa shape index (κ3) is 5.51. The predicted molar refractivity (Wildman–Crippen MR) is 107 cm³/mol. The van der Waals surface area contributed by atoms with Crippen molar-refractivity contribution in [3.8, 4) is 0 Å². The Morgan fingerprint density at radius 1 is 0.944 bits per heavy atom. The standard InChI is InChI=1S/C22H17F9N2O3/c1-11-4-18(16-8-13(20(23,24)25)2-3-17(16)33(11)19(35)36)32(10-34)9-12-5-14(21(26,27)28)7-15(6-12)22(29,30)31/h2-3,5-8,10-11,18H,4,9H2,1H3,(H,35,36)/t11-,18+/m1/s1. The number of anilines is 1. The Morgan fingerprint density at radius 3 is 1.92 bits per heavy atom. The van der Waals surface area contributed by atoms with E-state index in [0.717, 1.165) is 15.9 Å². The molecule has 0 aliphatic carbocycles. The number of rotatable bonds is 4. The molecule has 0 unspecified atom stereocenters. The second kappa shape index (κ2) is 9.21. The number of alkyl halides is 9. The average Bonchev–Trinajstić information content (AvgIpc) is 2.74. The second-order valence-corrected chi connectivity index (χ2v) is 8.22. The number of amides is 2. The molecule has 0 fully saturated rings. The molecule has 2 amide bonds. The fourth-order valence-electron chi connectivity index (χ4n) is 4.16. The average molecular weight is 528 g/mol. The van der Waals surface area contributed by atoms with Crippen molar-refractivity contribution >= 4 is 18.2 Å². The summed E-state index contributed by atoms with van der Waals surface area (Å²) in [6, 6.07) is 0.726. The summed E-state index contributed by atoms with van der Waals surface area (Å²) in [4.78, 5) is 25.2. The summed E-state index contributed by atoms with van der Waals surface area (Å²) in [5.41, 5.74) is -5.42. The van der Waals surface area contributed by atoms with Crippen LogP contribution in [0.3, 0.4) is 0 Å². The number of hydrogen-bond donors (Lipinski definition) is 1. The van der Waals surface area contributed by atoms with Crippen LogP contribution in [0.15, 0.2) is 36.4 Å². The van der Waals surface area contributed by atoms with Gasteiger partial charge in [-0.3, -0.25) is 9.69 Å². The van der Waals surface area contributed by atoms with E-state index >= 15 is 0 Å². The van der Waals surface area contributed by atoms with Crippen molar-refractivity contribution in [2.24, 2.45) is 0 Å². The normalized spacial score (nSPS) is 18.6. The van der Waals surface area contributed by atoms with E-state index in [1.54, 1.807) is 0 Å². The highest BCUT2D eigenvalue weighted by Gasteiger charge is 2.40. The maximum atomic E-state index is 13.3. The van der Waals surface area contributed by atoms with Crippen LogP contribution in [-0.2, 0) is 29.9 Å². The smallest absolute Gasteiger partial charge is 0.416 e. The summed E-state index contributed by atoms with van der Waals surface area (Å²) in [6.45, 7) is 0.591. The lowest BCUT2D eigenvalue weighted by molar-refractivity contribution is -0.143. The van der Waals surface area contributed by atoms with E-state index in [1.807, 2.05) is 0 Å². The number of nitrogens with zero attached hydrogens (tertiary/aromatic N) is 2. The van der Waals surface area contributed by atoms with Gasteiger partial charge in [0.2, 0.25) is 6.41 Å². The Balaban J connectivity index is 2.12. The molecular weight excluding hydrogens is 511 g/mol. The van der Waals surface area contributed by atoms with Gasteiger partial charge in [0.15, 0.2) is 0 Å². The molecule has 0 saturated heterocycles. The molecule has 2 aromatic rings. The lowest BCUT2D eigenvalue weighted by Gasteiger charge is -2.41. The summed E-state index contributed by atoms with van der Waals surface area (Å²) >= 11 is 0. The van der Waals surface area contributed by atoms with Gasteiger partial charge >= 0.3 is 24.6 Å².